The number of para-hydroxylation sites is 1. The van der Waals surface area contributed by atoms with Gasteiger partial charge in [0.1, 0.15) is 0 Å². The van der Waals surface area contributed by atoms with Gasteiger partial charge in [-0.05, 0) is 56.3 Å². The fourth-order valence-corrected chi connectivity index (χ4v) is 7.21. The second-order valence-electron chi connectivity index (χ2n) is 11.0. The summed E-state index contributed by atoms with van der Waals surface area (Å²) in [6.45, 7) is 0. The molecule has 0 saturated heterocycles. The summed E-state index contributed by atoms with van der Waals surface area (Å²) in [6.07, 6.45) is 0. The maximum Gasteiger partial charge on any atom is 0.235 e. The molecule has 1 aliphatic rings. The van der Waals surface area contributed by atoms with Crippen LogP contribution in [-0.2, 0) is 0 Å². The number of fused-ring (bicyclic) bond motifs is 2. The van der Waals surface area contributed by atoms with Gasteiger partial charge in [0, 0.05) is 27.1 Å². The maximum atomic E-state index is 5.30. The van der Waals surface area contributed by atoms with E-state index in [0.717, 1.165) is 33.2 Å². The van der Waals surface area contributed by atoms with E-state index in [1.807, 2.05) is 6.07 Å². The number of hydrogen-bond donors (Lipinski definition) is 0. The van der Waals surface area contributed by atoms with Crippen molar-refractivity contribution in [2.45, 2.75) is 0 Å². The van der Waals surface area contributed by atoms with E-state index in [0.29, 0.717) is 5.95 Å². The van der Waals surface area contributed by atoms with Crippen LogP contribution in [0.5, 0.6) is 0 Å². The van der Waals surface area contributed by atoms with Crippen molar-refractivity contribution in [1.29, 1.82) is 0 Å². The van der Waals surface area contributed by atoms with Gasteiger partial charge in [-0.15, -0.1) is 0 Å². The topological polar surface area (TPSA) is 30.7 Å². The molecule has 1 aliphatic carbocycles. The first kappa shape index (κ1) is 21.3. The van der Waals surface area contributed by atoms with E-state index < -0.39 is 0 Å². The van der Waals surface area contributed by atoms with Crippen LogP contribution in [0.1, 0.15) is 0 Å². The van der Waals surface area contributed by atoms with Crippen molar-refractivity contribution >= 4 is 65.0 Å². The molecule has 41 heavy (non-hydrogen) atoms. The average Bonchev–Trinajstić information content (AvgIpc) is 3.31. The molecule has 0 radical (unpaired) electrons. The third-order valence-corrected chi connectivity index (χ3v) is 8.89. The van der Waals surface area contributed by atoms with Crippen LogP contribution in [0.2, 0.25) is 0 Å². The Balaban J connectivity index is 1.46. The summed E-state index contributed by atoms with van der Waals surface area (Å²) in [5, 5.41) is 11.3. The monoisotopic (exact) mass is 519 g/mol. The highest BCUT2D eigenvalue weighted by atomic mass is 15.2. The SMILES string of the molecule is c1ccc(-c2nc(-n3c4ccc5cccc6c5c4c4c5c(ccc7cccc-6c75)ccc43)nc3ccccc23)cc1. The molecule has 0 saturated carbocycles. The van der Waals surface area contributed by atoms with Gasteiger partial charge in [0.25, 0.3) is 0 Å². The van der Waals surface area contributed by atoms with Crippen molar-refractivity contribution in [2.24, 2.45) is 0 Å². The molecule has 3 heteroatoms. The van der Waals surface area contributed by atoms with Gasteiger partial charge in [-0.25, -0.2) is 9.97 Å². The molecule has 0 spiro atoms. The summed E-state index contributed by atoms with van der Waals surface area (Å²) in [4.78, 5) is 10.5. The third-order valence-electron chi connectivity index (χ3n) is 8.89. The van der Waals surface area contributed by atoms with Crippen LogP contribution in [0.15, 0.2) is 127 Å². The molecular formula is C38H21N3. The molecule has 188 valence electrons. The second kappa shape index (κ2) is 7.56. The minimum absolute atomic E-state index is 0.694. The highest BCUT2D eigenvalue weighted by Crippen LogP contribution is 2.49. The molecule has 0 amide bonds. The van der Waals surface area contributed by atoms with Crippen molar-refractivity contribution < 1.29 is 0 Å². The smallest absolute Gasteiger partial charge is 0.235 e. The average molecular weight is 520 g/mol. The molecule has 3 nitrogen and oxygen atoms in total. The molecule has 9 aromatic rings. The van der Waals surface area contributed by atoms with Crippen LogP contribution in [0.3, 0.4) is 0 Å². The minimum atomic E-state index is 0.694. The van der Waals surface area contributed by atoms with Gasteiger partial charge in [0.15, 0.2) is 0 Å². The van der Waals surface area contributed by atoms with Crippen molar-refractivity contribution in [3.05, 3.63) is 127 Å². The van der Waals surface area contributed by atoms with Crippen LogP contribution < -0.4 is 0 Å². The van der Waals surface area contributed by atoms with Gasteiger partial charge in [-0.3, -0.25) is 4.57 Å². The van der Waals surface area contributed by atoms with E-state index in [1.54, 1.807) is 0 Å². The Morgan fingerprint density at radius 2 is 1.00 bits per heavy atom. The van der Waals surface area contributed by atoms with Gasteiger partial charge >= 0.3 is 0 Å². The van der Waals surface area contributed by atoms with E-state index in [1.165, 1.54) is 54.2 Å². The Morgan fingerprint density at radius 1 is 0.415 bits per heavy atom. The number of aromatic nitrogens is 3. The van der Waals surface area contributed by atoms with Gasteiger partial charge < -0.3 is 0 Å². The summed E-state index contributed by atoms with van der Waals surface area (Å²) < 4.78 is 2.28. The van der Waals surface area contributed by atoms with E-state index in [4.69, 9.17) is 9.97 Å². The number of nitrogens with zero attached hydrogens (tertiary/aromatic N) is 3. The molecule has 7 aromatic carbocycles. The fourth-order valence-electron chi connectivity index (χ4n) is 7.21. The van der Waals surface area contributed by atoms with Gasteiger partial charge in [0.05, 0.1) is 22.2 Å². The van der Waals surface area contributed by atoms with Gasteiger partial charge in [-0.2, -0.15) is 0 Å². The summed E-state index contributed by atoms with van der Waals surface area (Å²) in [5.41, 5.74) is 7.82. The lowest BCUT2D eigenvalue weighted by Gasteiger charge is -2.14. The van der Waals surface area contributed by atoms with Crippen LogP contribution in [-0.4, -0.2) is 14.5 Å². The van der Waals surface area contributed by atoms with E-state index in [2.05, 4.69) is 126 Å². The quantitative estimate of drug-likeness (QED) is 0.213. The summed E-state index contributed by atoms with van der Waals surface area (Å²) >= 11 is 0. The van der Waals surface area contributed by atoms with Crippen molar-refractivity contribution in [1.82, 2.24) is 14.5 Å². The highest BCUT2D eigenvalue weighted by molar-refractivity contribution is 6.38. The molecule has 0 bridgehead atoms. The second-order valence-corrected chi connectivity index (χ2v) is 11.0. The lowest BCUT2D eigenvalue weighted by Crippen LogP contribution is -2.03. The number of benzene rings is 7. The van der Waals surface area contributed by atoms with Crippen LogP contribution in [0.25, 0.3) is 93.4 Å². The first-order valence-corrected chi connectivity index (χ1v) is 14.0. The van der Waals surface area contributed by atoms with Crippen LogP contribution in [0, 0.1) is 0 Å². The van der Waals surface area contributed by atoms with E-state index in [9.17, 15) is 0 Å². The lowest BCUT2D eigenvalue weighted by atomic mass is 9.93. The standard InChI is InChI=1S/C38H21N3/c1-2-8-25(9-3-1)37-28-12-4-5-15-29(28)39-38(40-37)41-30-20-18-23-11-7-14-27-26-13-6-10-22-16-17-24-19-21-31(41)36(34(24)32(22)26)35(30)33(23)27/h1-21H. The summed E-state index contributed by atoms with van der Waals surface area (Å²) in [7, 11) is 0. The molecule has 2 aromatic heterocycles. The van der Waals surface area contributed by atoms with Crippen molar-refractivity contribution in [2.75, 3.05) is 0 Å². The Kier molecular flexibility index (Phi) is 3.93. The van der Waals surface area contributed by atoms with Crippen LogP contribution >= 0.6 is 0 Å². The molecule has 0 unspecified atom stereocenters. The van der Waals surface area contributed by atoms with Crippen LogP contribution in [0.4, 0.5) is 0 Å². The molecule has 0 fully saturated rings. The fraction of sp³-hybridized carbons (Fsp3) is 0. The van der Waals surface area contributed by atoms with Gasteiger partial charge in [-0.1, -0.05) is 109 Å². The highest BCUT2D eigenvalue weighted by Gasteiger charge is 2.25. The zero-order valence-electron chi connectivity index (χ0n) is 22.0. The minimum Gasteiger partial charge on any atom is -0.278 e. The molecular weight excluding hydrogens is 498 g/mol. The zero-order chi connectivity index (χ0) is 26.7. The zero-order valence-corrected chi connectivity index (χ0v) is 22.0. The molecule has 2 heterocycles. The Morgan fingerprint density at radius 3 is 1.73 bits per heavy atom. The first-order chi connectivity index (χ1) is 20.3. The molecule has 0 aliphatic heterocycles. The molecule has 0 atom stereocenters. The third kappa shape index (κ3) is 2.68. The predicted octanol–water partition coefficient (Wildman–Crippen LogP) is 9.83. The largest absolute Gasteiger partial charge is 0.278 e. The maximum absolute atomic E-state index is 5.30. The molecule has 0 N–H and O–H groups in total. The van der Waals surface area contributed by atoms with E-state index >= 15 is 0 Å². The number of hydrogen-bond acceptors (Lipinski definition) is 2. The van der Waals surface area contributed by atoms with Gasteiger partial charge in [0.2, 0.25) is 5.95 Å². The Labute approximate surface area is 234 Å². The lowest BCUT2D eigenvalue weighted by molar-refractivity contribution is 1.01. The summed E-state index contributed by atoms with van der Waals surface area (Å²) in [5.74, 6) is 0.694. The van der Waals surface area contributed by atoms with Crippen molar-refractivity contribution in [3.63, 3.8) is 0 Å². The normalized spacial score (nSPS) is 12.4. The molecule has 10 rings (SSSR count). The summed E-state index contributed by atoms with van der Waals surface area (Å²) in [6, 6.07) is 45.7. The number of rotatable bonds is 2. The Bertz CT molecular complexity index is 2580. The Hall–Kier alpha value is -5.54. The van der Waals surface area contributed by atoms with E-state index in [-0.39, 0.29) is 0 Å². The predicted molar refractivity (Wildman–Crippen MR) is 171 cm³/mol. The first-order valence-electron chi connectivity index (χ1n) is 14.0. The van der Waals surface area contributed by atoms with Crippen molar-refractivity contribution in [3.8, 4) is 28.3 Å².